The molecule has 0 saturated carbocycles. The number of amides is 3. The van der Waals surface area contributed by atoms with Gasteiger partial charge in [-0.2, -0.15) is 0 Å². The molecule has 3 aliphatic heterocycles. The van der Waals surface area contributed by atoms with Gasteiger partial charge in [-0.25, -0.2) is 0 Å². The molecule has 2 bridgehead atoms. The average molecular weight is 488 g/mol. The smallest absolute Gasteiger partial charge is 0.244 e. The second-order valence-corrected chi connectivity index (χ2v) is 11.9. The van der Waals surface area contributed by atoms with Crippen LogP contribution >= 0.6 is 11.8 Å². The van der Waals surface area contributed by atoms with E-state index in [-0.39, 0.29) is 29.1 Å². The number of fused-ring (bicyclic) bond motifs is 1. The monoisotopic (exact) mass is 487 g/mol. The van der Waals surface area contributed by atoms with Crippen LogP contribution in [-0.4, -0.2) is 63.0 Å². The van der Waals surface area contributed by atoms with Gasteiger partial charge < -0.3 is 20.6 Å². The van der Waals surface area contributed by atoms with Crippen molar-refractivity contribution in [3.05, 3.63) is 35.9 Å². The first-order valence-corrected chi connectivity index (χ1v) is 13.4. The third-order valence-electron chi connectivity index (χ3n) is 7.72. The van der Waals surface area contributed by atoms with Crippen LogP contribution in [-0.2, 0) is 20.9 Å². The van der Waals surface area contributed by atoms with Crippen LogP contribution in [0.2, 0.25) is 0 Å². The summed E-state index contributed by atoms with van der Waals surface area (Å²) in [5, 5.41) is 15.3. The van der Waals surface area contributed by atoms with Gasteiger partial charge in [0.25, 0.3) is 0 Å². The number of hydrogen-bond donors (Lipinski definition) is 3. The topological polar surface area (TPSA) is 98.7 Å². The fourth-order valence-corrected chi connectivity index (χ4v) is 8.53. The quantitative estimate of drug-likeness (QED) is 0.417. The van der Waals surface area contributed by atoms with Crippen LogP contribution < -0.4 is 10.6 Å². The molecule has 0 aliphatic carbocycles. The maximum Gasteiger partial charge on any atom is 0.244 e. The van der Waals surface area contributed by atoms with Gasteiger partial charge in [0.1, 0.15) is 6.04 Å². The van der Waals surface area contributed by atoms with Crippen molar-refractivity contribution in [2.24, 2.45) is 11.8 Å². The largest absolute Gasteiger partial charge is 0.396 e. The number of rotatable bonds is 11. The van der Waals surface area contributed by atoms with Crippen molar-refractivity contribution in [2.45, 2.75) is 74.5 Å². The minimum absolute atomic E-state index is 0.0534. The molecule has 1 aromatic carbocycles. The van der Waals surface area contributed by atoms with E-state index in [2.05, 4.69) is 17.6 Å². The normalized spacial score (nSPS) is 31.6. The molecule has 186 valence electrons. The highest BCUT2D eigenvalue weighted by Crippen LogP contribution is 2.71. The molecule has 3 heterocycles. The highest BCUT2D eigenvalue weighted by atomic mass is 32.2. The molecule has 4 rings (SSSR count). The minimum Gasteiger partial charge on any atom is -0.396 e. The summed E-state index contributed by atoms with van der Waals surface area (Å²) in [4.78, 5) is 42.5. The van der Waals surface area contributed by atoms with Crippen LogP contribution in [0.15, 0.2) is 30.3 Å². The van der Waals surface area contributed by atoms with Gasteiger partial charge in [-0.15, -0.1) is 11.8 Å². The lowest BCUT2D eigenvalue weighted by Crippen LogP contribution is -2.53. The Morgan fingerprint density at radius 1 is 1.12 bits per heavy atom. The molecule has 1 spiro atoms. The van der Waals surface area contributed by atoms with Crippen LogP contribution in [0.3, 0.4) is 0 Å². The van der Waals surface area contributed by atoms with Crippen LogP contribution in [0.5, 0.6) is 0 Å². The summed E-state index contributed by atoms with van der Waals surface area (Å²) in [6.45, 7) is 5.71. The van der Waals surface area contributed by atoms with Gasteiger partial charge in [-0.05, 0) is 51.0 Å². The Labute approximate surface area is 206 Å². The van der Waals surface area contributed by atoms with E-state index in [1.54, 1.807) is 16.7 Å². The zero-order valence-electron chi connectivity index (χ0n) is 20.2. The molecule has 34 heavy (non-hydrogen) atoms. The summed E-state index contributed by atoms with van der Waals surface area (Å²) in [7, 11) is 0. The van der Waals surface area contributed by atoms with Crippen LogP contribution in [0.4, 0.5) is 0 Å². The molecule has 7 nitrogen and oxygen atoms in total. The Balaban J connectivity index is 1.61. The Bertz CT molecular complexity index is 913. The molecule has 3 saturated heterocycles. The number of unbranched alkanes of at least 4 members (excludes halogenated alkanes) is 2. The SMILES string of the molecule is CCCNC(=O)[C@@H]1[C@H]2C(=O)N(CCCCCO)C(C(=O)NCc3ccccc3)C23CC[C@@]1(C)S3. The second-order valence-electron chi connectivity index (χ2n) is 10.0. The van der Waals surface area contributed by atoms with Crippen molar-refractivity contribution in [3.8, 4) is 0 Å². The van der Waals surface area contributed by atoms with Gasteiger partial charge >= 0.3 is 0 Å². The number of thioether (sulfide) groups is 1. The molecular weight excluding hydrogens is 450 g/mol. The van der Waals surface area contributed by atoms with Crippen LogP contribution in [0, 0.1) is 11.8 Å². The number of carbonyl (C=O) groups is 3. The van der Waals surface area contributed by atoms with E-state index in [4.69, 9.17) is 5.11 Å². The number of nitrogens with one attached hydrogen (secondary N) is 2. The maximum atomic E-state index is 13.9. The van der Waals surface area contributed by atoms with Crippen LogP contribution in [0.1, 0.15) is 57.9 Å². The lowest BCUT2D eigenvalue weighted by atomic mass is 9.66. The number of likely N-dealkylation sites (tertiary alicyclic amines) is 1. The highest BCUT2D eigenvalue weighted by Gasteiger charge is 2.76. The third kappa shape index (κ3) is 4.35. The first-order chi connectivity index (χ1) is 16.4. The van der Waals surface area contributed by atoms with Gasteiger partial charge in [0.05, 0.1) is 16.6 Å². The van der Waals surface area contributed by atoms with Crippen molar-refractivity contribution >= 4 is 29.5 Å². The zero-order chi connectivity index (χ0) is 24.3. The van der Waals surface area contributed by atoms with Crippen molar-refractivity contribution in [3.63, 3.8) is 0 Å². The number of nitrogens with zero attached hydrogens (tertiary/aromatic N) is 1. The lowest BCUT2D eigenvalue weighted by molar-refractivity contribution is -0.140. The second kappa shape index (κ2) is 10.3. The van der Waals surface area contributed by atoms with E-state index >= 15 is 0 Å². The summed E-state index contributed by atoms with van der Waals surface area (Å²) < 4.78 is -0.906. The maximum absolute atomic E-state index is 13.9. The Kier molecular flexibility index (Phi) is 7.57. The van der Waals surface area contributed by atoms with E-state index in [1.807, 2.05) is 37.3 Å². The third-order valence-corrected chi connectivity index (χ3v) is 9.71. The molecular formula is C26H37N3O4S. The Hall–Kier alpha value is -2.06. The fraction of sp³-hybridized carbons (Fsp3) is 0.654. The van der Waals surface area contributed by atoms with Gasteiger partial charge in [-0.1, -0.05) is 37.3 Å². The molecule has 0 radical (unpaired) electrons. The highest BCUT2D eigenvalue weighted by molar-refractivity contribution is 8.02. The lowest BCUT2D eigenvalue weighted by Gasteiger charge is -2.34. The van der Waals surface area contributed by atoms with E-state index in [0.717, 1.165) is 37.7 Å². The van der Waals surface area contributed by atoms with E-state index in [1.165, 1.54) is 0 Å². The predicted octanol–water partition coefficient (Wildman–Crippen LogP) is 2.47. The van der Waals surface area contributed by atoms with E-state index < -0.39 is 22.6 Å². The molecule has 3 aliphatic rings. The number of carbonyl (C=O) groups excluding carboxylic acids is 3. The molecule has 8 heteroatoms. The number of aliphatic hydroxyl groups excluding tert-OH is 1. The Morgan fingerprint density at radius 3 is 2.59 bits per heavy atom. The van der Waals surface area contributed by atoms with E-state index in [9.17, 15) is 14.4 Å². The molecule has 2 unspecified atom stereocenters. The minimum atomic E-state index is -0.585. The predicted molar refractivity (Wildman–Crippen MR) is 133 cm³/mol. The number of benzene rings is 1. The first kappa shape index (κ1) is 25.0. The summed E-state index contributed by atoms with van der Waals surface area (Å²) in [5.41, 5.74) is 1.01. The summed E-state index contributed by atoms with van der Waals surface area (Å²) in [6.07, 6.45) is 4.63. The molecule has 3 amide bonds. The summed E-state index contributed by atoms with van der Waals surface area (Å²) >= 11 is 1.71. The van der Waals surface area contributed by atoms with E-state index in [0.29, 0.717) is 26.1 Å². The van der Waals surface area contributed by atoms with Gasteiger partial charge in [0.2, 0.25) is 17.7 Å². The molecule has 3 fully saturated rings. The summed E-state index contributed by atoms with van der Waals surface area (Å²) in [6, 6.07) is 9.18. The van der Waals surface area contributed by atoms with Crippen molar-refractivity contribution in [1.29, 1.82) is 0 Å². The van der Waals surface area contributed by atoms with Crippen molar-refractivity contribution in [1.82, 2.24) is 15.5 Å². The zero-order valence-corrected chi connectivity index (χ0v) is 21.0. The first-order valence-electron chi connectivity index (χ1n) is 12.6. The Morgan fingerprint density at radius 2 is 1.88 bits per heavy atom. The summed E-state index contributed by atoms with van der Waals surface area (Å²) in [5.74, 6) is -1.14. The number of aliphatic hydroxyl groups is 1. The molecule has 1 aromatic rings. The molecule has 0 aromatic heterocycles. The van der Waals surface area contributed by atoms with Crippen molar-refractivity contribution in [2.75, 3.05) is 19.7 Å². The number of hydrogen-bond acceptors (Lipinski definition) is 5. The molecule has 3 N–H and O–H groups in total. The van der Waals surface area contributed by atoms with Gasteiger partial charge in [0.15, 0.2) is 0 Å². The molecule has 5 atom stereocenters. The van der Waals surface area contributed by atoms with Gasteiger partial charge in [0, 0.05) is 31.0 Å². The van der Waals surface area contributed by atoms with Crippen LogP contribution in [0.25, 0.3) is 0 Å². The average Bonchev–Trinajstić information content (AvgIpc) is 3.40. The fourth-order valence-electron chi connectivity index (χ4n) is 6.18. The van der Waals surface area contributed by atoms with Crippen molar-refractivity contribution < 1.29 is 19.5 Å². The van der Waals surface area contributed by atoms with Gasteiger partial charge in [-0.3, -0.25) is 14.4 Å². The standard InChI is InChI=1S/C26H37N3O4S/c1-3-14-27-22(31)19-20-24(33)29(15-8-5-9-16-30)21(26(20)13-12-25(19,2)34-26)23(32)28-17-18-10-6-4-7-11-18/h4,6-7,10-11,19-21,30H,3,5,8-9,12-17H2,1-2H3,(H,27,31)(H,28,32)/t19-,20-,21?,25+,26?/m0/s1.